The third-order valence-electron chi connectivity index (χ3n) is 1.22. The summed E-state index contributed by atoms with van der Waals surface area (Å²) in [7, 11) is 0. The molecule has 0 aliphatic heterocycles. The predicted molar refractivity (Wildman–Crippen MR) is 57.5 cm³/mol. The fraction of sp³-hybridized carbons (Fsp3) is 0.800. The van der Waals surface area contributed by atoms with Crippen LogP contribution in [0.3, 0.4) is 0 Å². The Morgan fingerprint density at radius 2 is 0.800 bits per heavy atom. The van der Waals surface area contributed by atoms with Crippen LogP contribution in [-0.4, -0.2) is 35.8 Å². The molecule has 0 atom stereocenters. The molecular weight excluding hydrogens is 303 g/mol. The van der Waals surface area contributed by atoms with Gasteiger partial charge in [0.15, 0.2) is 0 Å². The summed E-state index contributed by atoms with van der Waals surface area (Å²) in [4.78, 5) is 19.8. The Bertz CT molecular complexity index is 186. The van der Waals surface area contributed by atoms with Crippen LogP contribution in [0.2, 0.25) is 0 Å². The molecule has 0 saturated heterocycles. The molecule has 0 N–H and O–H groups in total. The first-order chi connectivity index (χ1) is 5.89. The van der Waals surface area contributed by atoms with E-state index >= 15 is 0 Å². The van der Waals surface area contributed by atoms with Crippen molar-refractivity contribution < 1.29 is 19.8 Å². The fourth-order valence-corrected chi connectivity index (χ4v) is 0. The van der Waals surface area contributed by atoms with Crippen LogP contribution in [0.25, 0.3) is 0 Å². The van der Waals surface area contributed by atoms with Crippen molar-refractivity contribution in [2.24, 2.45) is 10.8 Å². The van der Waals surface area contributed by atoms with Gasteiger partial charge >= 0.3 is 23.9 Å². The molecule has 4 nitrogen and oxygen atoms in total. The van der Waals surface area contributed by atoms with Crippen molar-refractivity contribution in [3.63, 3.8) is 0 Å². The van der Waals surface area contributed by atoms with E-state index in [0.29, 0.717) is 0 Å². The summed E-state index contributed by atoms with van der Waals surface area (Å²) < 4.78 is 0. The molecule has 0 aliphatic rings. The van der Waals surface area contributed by atoms with Gasteiger partial charge in [-0.05, 0) is 0 Å². The van der Waals surface area contributed by atoms with E-state index in [4.69, 9.17) is 0 Å². The predicted octanol–water partition coefficient (Wildman–Crippen LogP) is -1.35. The summed E-state index contributed by atoms with van der Waals surface area (Å²) in [6.45, 7) is 9.60. The molecule has 0 saturated carbocycles. The van der Waals surface area contributed by atoms with Crippen LogP contribution in [-0.2, 0) is 9.59 Å². The van der Waals surface area contributed by atoms with Crippen molar-refractivity contribution in [3.05, 3.63) is 0 Å². The average molecular weight is 323 g/mol. The first-order valence-electron chi connectivity index (χ1n) is 4.32. The topological polar surface area (TPSA) is 80.3 Å². The first-order valence-corrected chi connectivity index (χ1v) is 4.32. The SMILES string of the molecule is CC(C)(C)C(=O)[O-].CC(C)(C)C(=O)[O-].[SnH2+2]. The van der Waals surface area contributed by atoms with Gasteiger partial charge in [0.2, 0.25) is 0 Å². The second-order valence-corrected chi connectivity index (χ2v) is 5.07. The summed E-state index contributed by atoms with van der Waals surface area (Å²) in [5.74, 6) is -2.01. The molecule has 0 radical (unpaired) electrons. The van der Waals surface area contributed by atoms with Crippen molar-refractivity contribution in [2.75, 3.05) is 0 Å². The number of rotatable bonds is 0. The molecule has 0 bridgehead atoms. The Labute approximate surface area is 108 Å². The monoisotopic (exact) mass is 324 g/mol. The molecule has 0 rings (SSSR count). The van der Waals surface area contributed by atoms with Crippen LogP contribution in [0, 0.1) is 10.8 Å². The van der Waals surface area contributed by atoms with Crippen LogP contribution < -0.4 is 10.2 Å². The fourth-order valence-electron chi connectivity index (χ4n) is 0. The number of aliphatic carboxylic acids is 2. The minimum atomic E-state index is -1.01. The number of carbonyl (C=O) groups excluding carboxylic acids is 2. The van der Waals surface area contributed by atoms with Crippen molar-refractivity contribution in [1.82, 2.24) is 0 Å². The van der Waals surface area contributed by atoms with Gasteiger partial charge in [-0.25, -0.2) is 0 Å². The Kier molecular flexibility index (Phi) is 9.54. The van der Waals surface area contributed by atoms with E-state index < -0.39 is 22.8 Å². The second kappa shape index (κ2) is 7.09. The van der Waals surface area contributed by atoms with E-state index in [9.17, 15) is 19.8 Å². The molecule has 0 aromatic rings. The van der Waals surface area contributed by atoms with Gasteiger partial charge in [0.1, 0.15) is 0 Å². The molecule has 15 heavy (non-hydrogen) atoms. The van der Waals surface area contributed by atoms with Gasteiger partial charge in [-0.1, -0.05) is 41.5 Å². The Morgan fingerprint density at radius 3 is 0.800 bits per heavy atom. The van der Waals surface area contributed by atoms with E-state index in [1.165, 1.54) is 0 Å². The summed E-state index contributed by atoms with van der Waals surface area (Å²) in [5.41, 5.74) is -1.39. The van der Waals surface area contributed by atoms with Gasteiger partial charge in [-0.2, -0.15) is 0 Å². The van der Waals surface area contributed by atoms with Gasteiger partial charge in [-0.15, -0.1) is 0 Å². The zero-order chi connectivity index (χ0) is 12.2. The number of carbonyl (C=O) groups is 2. The van der Waals surface area contributed by atoms with Gasteiger partial charge in [0.05, 0.1) is 0 Å². The third kappa shape index (κ3) is 13.7. The maximum absolute atomic E-state index is 9.91. The molecule has 0 spiro atoms. The van der Waals surface area contributed by atoms with Crippen LogP contribution in [0.4, 0.5) is 0 Å². The standard InChI is InChI=1S/2C5H10O2.Sn.2H/c2*1-5(2,3)4(6)7;;;/h2*1-3H3,(H,6,7);;;/q;;+2;;/p-2. The quantitative estimate of drug-likeness (QED) is 0.516. The molecule has 0 aromatic heterocycles. The van der Waals surface area contributed by atoms with Gasteiger partial charge < -0.3 is 19.8 Å². The number of carboxylic acid groups (broad SMARTS) is 2. The van der Waals surface area contributed by atoms with Crippen LogP contribution in [0.5, 0.6) is 0 Å². The summed E-state index contributed by atoms with van der Waals surface area (Å²) in [5, 5.41) is 19.8. The molecule has 5 heteroatoms. The zero-order valence-electron chi connectivity index (χ0n) is 10.3. The number of hydrogen-bond acceptors (Lipinski definition) is 4. The average Bonchev–Trinajstić information content (AvgIpc) is 1.83. The second-order valence-electron chi connectivity index (χ2n) is 5.07. The molecule has 0 aromatic carbocycles. The maximum atomic E-state index is 9.91. The van der Waals surface area contributed by atoms with Gasteiger partial charge in [0, 0.05) is 22.8 Å². The summed E-state index contributed by atoms with van der Waals surface area (Å²) in [6.07, 6.45) is 0. The number of carboxylic acids is 2. The Hall–Kier alpha value is -0.261. The van der Waals surface area contributed by atoms with E-state index in [2.05, 4.69) is 0 Å². The van der Waals surface area contributed by atoms with E-state index in [0.717, 1.165) is 0 Å². The molecule has 0 amide bonds. The molecule has 0 heterocycles. The Morgan fingerprint density at radius 1 is 0.733 bits per heavy atom. The van der Waals surface area contributed by atoms with Crippen LogP contribution in [0.1, 0.15) is 41.5 Å². The van der Waals surface area contributed by atoms with Crippen LogP contribution >= 0.6 is 0 Å². The van der Waals surface area contributed by atoms with E-state index in [1.807, 2.05) is 0 Å². The summed E-state index contributed by atoms with van der Waals surface area (Å²) >= 11 is 0. The van der Waals surface area contributed by atoms with E-state index in [-0.39, 0.29) is 23.9 Å². The molecule has 88 valence electrons. The van der Waals surface area contributed by atoms with Crippen molar-refractivity contribution in [1.29, 1.82) is 0 Å². The van der Waals surface area contributed by atoms with E-state index in [1.54, 1.807) is 41.5 Å². The minimum absolute atomic E-state index is 0. The zero-order valence-corrected chi connectivity index (χ0v) is 14.4. The summed E-state index contributed by atoms with van der Waals surface area (Å²) in [6, 6.07) is 0. The van der Waals surface area contributed by atoms with Crippen molar-refractivity contribution in [3.8, 4) is 0 Å². The molecular formula is C10H20O4Sn. The van der Waals surface area contributed by atoms with Gasteiger partial charge in [0.25, 0.3) is 0 Å². The van der Waals surface area contributed by atoms with Crippen LogP contribution in [0.15, 0.2) is 0 Å². The Balaban J connectivity index is -0.000000180. The third-order valence-corrected chi connectivity index (χ3v) is 1.22. The molecule has 0 aliphatic carbocycles. The first kappa shape index (κ1) is 20.2. The van der Waals surface area contributed by atoms with Crippen molar-refractivity contribution >= 4 is 35.8 Å². The van der Waals surface area contributed by atoms with Gasteiger partial charge in [-0.3, -0.25) is 0 Å². The molecule has 0 unspecified atom stereocenters. The van der Waals surface area contributed by atoms with Crippen molar-refractivity contribution in [2.45, 2.75) is 41.5 Å². The number of hydrogen-bond donors (Lipinski definition) is 0. The molecule has 0 fully saturated rings. The normalized spacial score (nSPS) is 10.5.